The maximum Gasteiger partial charge on any atom is 0.284 e. The molecule has 2 amide bonds. The van der Waals surface area contributed by atoms with Crippen molar-refractivity contribution in [2.45, 2.75) is 33.6 Å². The first-order valence-electron chi connectivity index (χ1n) is 8.23. The maximum absolute atomic E-state index is 13.7. The predicted molar refractivity (Wildman–Crippen MR) is 94.5 cm³/mol. The number of nitrogens with zero attached hydrogens (tertiary/aromatic N) is 1. The second kappa shape index (κ2) is 6.40. The number of amides is 2. The maximum atomic E-state index is 13.7. The molecular formula is C19H20FN3O3. The lowest BCUT2D eigenvalue weighted by Gasteiger charge is -2.29. The first kappa shape index (κ1) is 17.8. The van der Waals surface area contributed by atoms with Crippen LogP contribution in [0.3, 0.4) is 0 Å². The Morgan fingerprint density at radius 3 is 2.62 bits per heavy atom. The van der Waals surface area contributed by atoms with Gasteiger partial charge in [-0.05, 0) is 30.9 Å². The highest BCUT2D eigenvalue weighted by Crippen LogP contribution is 2.38. The smallest absolute Gasteiger partial charge is 0.284 e. The topological polar surface area (TPSA) is 97.7 Å². The summed E-state index contributed by atoms with van der Waals surface area (Å²) in [5.41, 5.74) is 9.38. The minimum atomic E-state index is -0.649. The summed E-state index contributed by atoms with van der Waals surface area (Å²) in [5.74, 6) is -1.20. The summed E-state index contributed by atoms with van der Waals surface area (Å²) in [6, 6.07) is 5.68. The molecule has 0 bridgehead atoms. The lowest BCUT2D eigenvalue weighted by atomic mass is 9.75. The number of nitrogens with one attached hydrogen (secondary N) is 1. The molecule has 0 radical (unpaired) electrons. The molecular weight excluding hydrogens is 337 g/mol. The van der Waals surface area contributed by atoms with E-state index in [1.54, 1.807) is 13.0 Å². The standard InChI is InChI=1S/C19H20FN3O3/c1-10-15-13(22-23-18(25)11-6-4-5-7-12(11)20)8-19(2,3)9-14(15)26-16(10)17(21)24/h4-7H,8-9H2,1-3H3,(H2,21,24)(H,23,25)/b22-13+. The quantitative estimate of drug-likeness (QED) is 0.826. The molecule has 3 N–H and O–H groups in total. The van der Waals surface area contributed by atoms with E-state index in [0.29, 0.717) is 35.4 Å². The van der Waals surface area contributed by atoms with Crippen molar-refractivity contribution in [3.05, 3.63) is 58.3 Å². The normalized spacial score (nSPS) is 17.0. The number of halogens is 1. The van der Waals surface area contributed by atoms with Gasteiger partial charge in [-0.1, -0.05) is 26.0 Å². The highest BCUT2D eigenvalue weighted by molar-refractivity contribution is 6.07. The van der Waals surface area contributed by atoms with E-state index in [-0.39, 0.29) is 16.7 Å². The van der Waals surface area contributed by atoms with Gasteiger partial charge in [0.25, 0.3) is 11.8 Å². The van der Waals surface area contributed by atoms with Crippen LogP contribution in [0.5, 0.6) is 0 Å². The molecule has 1 heterocycles. The summed E-state index contributed by atoms with van der Waals surface area (Å²) in [4.78, 5) is 23.8. The van der Waals surface area contributed by atoms with E-state index >= 15 is 0 Å². The van der Waals surface area contributed by atoms with Crippen LogP contribution in [0, 0.1) is 18.2 Å². The summed E-state index contributed by atoms with van der Waals surface area (Å²) in [7, 11) is 0. The zero-order chi connectivity index (χ0) is 19.1. The fourth-order valence-corrected chi connectivity index (χ4v) is 3.27. The van der Waals surface area contributed by atoms with Crippen LogP contribution in [0.1, 0.15) is 58.1 Å². The van der Waals surface area contributed by atoms with Crippen LogP contribution in [0.4, 0.5) is 4.39 Å². The first-order valence-corrected chi connectivity index (χ1v) is 8.23. The van der Waals surface area contributed by atoms with Crippen molar-refractivity contribution < 1.29 is 18.4 Å². The van der Waals surface area contributed by atoms with Gasteiger partial charge in [0.15, 0.2) is 5.76 Å². The number of hydrogen-bond acceptors (Lipinski definition) is 4. The Morgan fingerprint density at radius 2 is 1.96 bits per heavy atom. The summed E-state index contributed by atoms with van der Waals surface area (Å²) in [6.45, 7) is 5.80. The van der Waals surface area contributed by atoms with Gasteiger partial charge in [-0.15, -0.1) is 0 Å². The molecule has 1 aliphatic carbocycles. The Hall–Kier alpha value is -2.96. The third-order valence-electron chi connectivity index (χ3n) is 4.43. The number of carbonyl (C=O) groups is 2. The number of fused-ring (bicyclic) bond motifs is 1. The van der Waals surface area contributed by atoms with Gasteiger partial charge in [-0.3, -0.25) is 9.59 Å². The van der Waals surface area contributed by atoms with Crippen molar-refractivity contribution in [2.75, 3.05) is 0 Å². The summed E-state index contributed by atoms with van der Waals surface area (Å²) >= 11 is 0. The first-order chi connectivity index (χ1) is 12.2. The molecule has 3 rings (SSSR count). The molecule has 1 aliphatic rings. The second-order valence-corrected chi connectivity index (χ2v) is 7.22. The second-order valence-electron chi connectivity index (χ2n) is 7.22. The van der Waals surface area contributed by atoms with E-state index in [4.69, 9.17) is 10.2 Å². The Labute approximate surface area is 150 Å². The van der Waals surface area contributed by atoms with Gasteiger partial charge in [-0.25, -0.2) is 9.82 Å². The molecule has 26 heavy (non-hydrogen) atoms. The minimum Gasteiger partial charge on any atom is -0.455 e. The summed E-state index contributed by atoms with van der Waals surface area (Å²) in [6.07, 6.45) is 1.19. The van der Waals surface area contributed by atoms with Crippen molar-refractivity contribution in [1.82, 2.24) is 5.43 Å². The Bertz CT molecular complexity index is 928. The molecule has 6 nitrogen and oxygen atoms in total. The number of hydrogen-bond donors (Lipinski definition) is 2. The van der Waals surface area contributed by atoms with Crippen LogP contribution in [0.15, 0.2) is 33.8 Å². The van der Waals surface area contributed by atoms with Crippen LogP contribution in [-0.4, -0.2) is 17.5 Å². The van der Waals surface area contributed by atoms with Gasteiger partial charge in [0.1, 0.15) is 11.6 Å². The van der Waals surface area contributed by atoms with Crippen molar-refractivity contribution in [3.8, 4) is 0 Å². The number of primary amides is 1. The monoisotopic (exact) mass is 357 g/mol. The molecule has 1 aromatic carbocycles. The molecule has 7 heteroatoms. The van der Waals surface area contributed by atoms with Crippen molar-refractivity contribution in [3.63, 3.8) is 0 Å². The van der Waals surface area contributed by atoms with Crippen LogP contribution < -0.4 is 11.2 Å². The van der Waals surface area contributed by atoms with E-state index in [1.165, 1.54) is 18.2 Å². The molecule has 0 aliphatic heterocycles. The van der Waals surface area contributed by atoms with Gasteiger partial charge in [0.05, 0.1) is 11.3 Å². The fourth-order valence-electron chi connectivity index (χ4n) is 3.27. The average molecular weight is 357 g/mol. The van der Waals surface area contributed by atoms with E-state index in [9.17, 15) is 14.0 Å². The molecule has 0 unspecified atom stereocenters. The lowest BCUT2D eigenvalue weighted by Crippen LogP contribution is -2.29. The zero-order valence-electron chi connectivity index (χ0n) is 14.9. The van der Waals surface area contributed by atoms with Gasteiger partial charge in [-0.2, -0.15) is 5.10 Å². The van der Waals surface area contributed by atoms with Crippen molar-refractivity contribution in [1.29, 1.82) is 0 Å². The van der Waals surface area contributed by atoms with E-state index < -0.39 is 17.6 Å². The molecule has 0 fully saturated rings. The zero-order valence-corrected chi connectivity index (χ0v) is 14.9. The Balaban J connectivity index is 1.97. The third-order valence-corrected chi connectivity index (χ3v) is 4.43. The predicted octanol–water partition coefficient (Wildman–Crippen LogP) is 2.93. The van der Waals surface area contributed by atoms with Crippen LogP contribution in [0.2, 0.25) is 0 Å². The summed E-state index contributed by atoms with van der Waals surface area (Å²) < 4.78 is 19.4. The highest BCUT2D eigenvalue weighted by atomic mass is 19.1. The van der Waals surface area contributed by atoms with Crippen LogP contribution in [0.25, 0.3) is 0 Å². The Kier molecular flexibility index (Phi) is 4.39. The van der Waals surface area contributed by atoms with E-state index in [0.717, 1.165) is 0 Å². The number of hydrazone groups is 1. The Morgan fingerprint density at radius 1 is 1.27 bits per heavy atom. The molecule has 0 saturated carbocycles. The molecule has 0 saturated heterocycles. The van der Waals surface area contributed by atoms with Crippen molar-refractivity contribution in [2.24, 2.45) is 16.3 Å². The number of furan rings is 1. The minimum absolute atomic E-state index is 0.0890. The fraction of sp³-hybridized carbons (Fsp3) is 0.316. The SMILES string of the molecule is Cc1c(C(N)=O)oc2c1/C(=N/NC(=O)c1ccccc1F)CC(C)(C)C2. The van der Waals surface area contributed by atoms with Gasteiger partial charge < -0.3 is 10.2 Å². The molecule has 2 aromatic rings. The number of benzene rings is 1. The number of rotatable bonds is 3. The number of carbonyl (C=O) groups excluding carboxylic acids is 2. The highest BCUT2D eigenvalue weighted by Gasteiger charge is 2.35. The van der Waals surface area contributed by atoms with Gasteiger partial charge in [0.2, 0.25) is 0 Å². The van der Waals surface area contributed by atoms with Crippen LogP contribution in [-0.2, 0) is 6.42 Å². The molecule has 0 atom stereocenters. The lowest BCUT2D eigenvalue weighted by molar-refractivity contribution is 0.0948. The van der Waals surface area contributed by atoms with Gasteiger partial charge in [0, 0.05) is 17.5 Å². The van der Waals surface area contributed by atoms with E-state index in [2.05, 4.69) is 10.5 Å². The van der Waals surface area contributed by atoms with Crippen LogP contribution >= 0.6 is 0 Å². The molecule has 136 valence electrons. The van der Waals surface area contributed by atoms with Gasteiger partial charge >= 0.3 is 0 Å². The summed E-state index contributed by atoms with van der Waals surface area (Å²) in [5, 5.41) is 4.21. The molecule has 1 aromatic heterocycles. The average Bonchev–Trinajstić information content (AvgIpc) is 2.88. The van der Waals surface area contributed by atoms with E-state index in [1.807, 2.05) is 13.8 Å². The van der Waals surface area contributed by atoms with Crippen molar-refractivity contribution >= 4 is 17.5 Å². The third kappa shape index (κ3) is 3.24. The largest absolute Gasteiger partial charge is 0.455 e. The number of nitrogens with two attached hydrogens (primary N) is 1. The molecule has 0 spiro atoms.